The number of aliphatic carboxylic acids is 1. The van der Waals surface area contributed by atoms with E-state index in [1.807, 2.05) is 12.1 Å². The van der Waals surface area contributed by atoms with Crippen LogP contribution < -0.4 is 4.74 Å². The number of carbonyl (C=O) groups is 1. The van der Waals surface area contributed by atoms with E-state index in [-0.39, 0.29) is 11.8 Å². The van der Waals surface area contributed by atoms with Gasteiger partial charge >= 0.3 is 5.97 Å². The van der Waals surface area contributed by atoms with Crippen molar-refractivity contribution in [2.24, 2.45) is 0 Å². The van der Waals surface area contributed by atoms with Gasteiger partial charge in [0.05, 0.1) is 6.61 Å². The summed E-state index contributed by atoms with van der Waals surface area (Å²) < 4.78 is 5.71. The molecule has 0 fully saturated rings. The van der Waals surface area contributed by atoms with E-state index in [1.54, 1.807) is 0 Å². The molecule has 0 unspecified atom stereocenters. The van der Waals surface area contributed by atoms with E-state index in [9.17, 15) is 4.79 Å². The summed E-state index contributed by atoms with van der Waals surface area (Å²) in [5, 5.41) is 8.58. The van der Waals surface area contributed by atoms with Gasteiger partial charge in [0.15, 0.2) is 0 Å². The molecular formula is C15H22O3. The van der Waals surface area contributed by atoms with Gasteiger partial charge in [-0.05, 0) is 30.4 Å². The monoisotopic (exact) mass is 250 g/mol. The van der Waals surface area contributed by atoms with Crippen molar-refractivity contribution < 1.29 is 14.6 Å². The van der Waals surface area contributed by atoms with E-state index in [4.69, 9.17) is 9.84 Å². The van der Waals surface area contributed by atoms with Crippen LogP contribution in [-0.2, 0) is 10.2 Å². The molecule has 0 radical (unpaired) electrons. The highest BCUT2D eigenvalue weighted by Gasteiger charge is 2.19. The van der Waals surface area contributed by atoms with Crippen LogP contribution in [0, 0.1) is 6.92 Å². The van der Waals surface area contributed by atoms with Gasteiger partial charge in [-0.15, -0.1) is 0 Å². The third-order valence-corrected chi connectivity index (χ3v) is 2.74. The lowest BCUT2D eigenvalue weighted by atomic mass is 9.85. The maximum atomic E-state index is 10.4. The van der Waals surface area contributed by atoms with E-state index >= 15 is 0 Å². The zero-order chi connectivity index (χ0) is 13.8. The zero-order valence-electron chi connectivity index (χ0n) is 11.6. The molecule has 0 aromatic heterocycles. The lowest BCUT2D eigenvalue weighted by Crippen LogP contribution is -2.14. The molecule has 18 heavy (non-hydrogen) atoms. The summed E-state index contributed by atoms with van der Waals surface area (Å²) in [6.07, 6.45) is 0.684. The quantitative estimate of drug-likeness (QED) is 0.813. The van der Waals surface area contributed by atoms with Crippen molar-refractivity contribution in [3.8, 4) is 5.75 Å². The van der Waals surface area contributed by atoms with E-state index in [0.717, 1.165) is 11.3 Å². The van der Waals surface area contributed by atoms with Gasteiger partial charge in [-0.3, -0.25) is 4.79 Å². The van der Waals surface area contributed by atoms with Crippen molar-refractivity contribution in [2.45, 2.75) is 46.0 Å². The summed E-state index contributed by atoms with van der Waals surface area (Å²) in [6.45, 7) is 8.94. The Labute approximate surface area is 109 Å². The van der Waals surface area contributed by atoms with Crippen LogP contribution in [-0.4, -0.2) is 17.7 Å². The molecular weight excluding hydrogens is 228 g/mol. The number of carboxylic acids is 1. The minimum absolute atomic E-state index is 0.0220. The zero-order valence-corrected chi connectivity index (χ0v) is 11.6. The van der Waals surface area contributed by atoms with E-state index in [0.29, 0.717) is 13.0 Å². The second-order valence-electron chi connectivity index (χ2n) is 5.60. The Morgan fingerprint density at radius 3 is 2.56 bits per heavy atom. The molecule has 0 aliphatic carbocycles. The maximum Gasteiger partial charge on any atom is 0.303 e. The van der Waals surface area contributed by atoms with E-state index in [1.165, 1.54) is 5.56 Å². The summed E-state index contributed by atoms with van der Waals surface area (Å²) in [4.78, 5) is 10.4. The van der Waals surface area contributed by atoms with Gasteiger partial charge in [-0.25, -0.2) is 0 Å². The van der Waals surface area contributed by atoms with Crippen LogP contribution in [0.1, 0.15) is 44.7 Å². The number of benzene rings is 1. The van der Waals surface area contributed by atoms with Crippen LogP contribution in [0.15, 0.2) is 18.2 Å². The van der Waals surface area contributed by atoms with Gasteiger partial charge in [-0.1, -0.05) is 38.5 Å². The highest BCUT2D eigenvalue weighted by Crippen LogP contribution is 2.32. The number of hydrogen-bond donors (Lipinski definition) is 1. The Bertz CT molecular complexity index is 416. The fraction of sp³-hybridized carbons (Fsp3) is 0.533. The molecule has 1 N–H and O–H groups in total. The molecule has 3 nitrogen and oxygen atoms in total. The molecule has 0 spiro atoms. The van der Waals surface area contributed by atoms with Crippen molar-refractivity contribution in [1.82, 2.24) is 0 Å². The number of aryl methyl sites for hydroxylation is 1. The highest BCUT2D eigenvalue weighted by atomic mass is 16.5. The lowest BCUT2D eigenvalue weighted by molar-refractivity contribution is -0.137. The topological polar surface area (TPSA) is 46.5 Å². The van der Waals surface area contributed by atoms with Crippen LogP contribution in [0.2, 0.25) is 0 Å². The van der Waals surface area contributed by atoms with Gasteiger partial charge in [0, 0.05) is 6.42 Å². The predicted octanol–water partition coefficient (Wildman–Crippen LogP) is 3.54. The molecule has 0 atom stereocenters. The SMILES string of the molecule is Cc1ccc(OCCCC(=O)O)c(C(C)(C)C)c1. The molecule has 0 aliphatic rings. The normalized spacial score (nSPS) is 11.3. The van der Waals surface area contributed by atoms with E-state index in [2.05, 4.69) is 33.8 Å². The number of carboxylic acid groups (broad SMARTS) is 1. The summed E-state index contributed by atoms with van der Waals surface area (Å²) in [5.41, 5.74) is 2.39. The molecule has 0 aliphatic heterocycles. The first-order chi connectivity index (χ1) is 8.30. The second kappa shape index (κ2) is 5.89. The van der Waals surface area contributed by atoms with Crippen LogP contribution in [0.25, 0.3) is 0 Å². The molecule has 100 valence electrons. The minimum Gasteiger partial charge on any atom is -0.493 e. The Balaban J connectivity index is 2.73. The molecule has 0 saturated carbocycles. The summed E-state index contributed by atoms with van der Waals surface area (Å²) in [5.74, 6) is 0.0806. The van der Waals surface area contributed by atoms with Crippen LogP contribution in [0.5, 0.6) is 5.75 Å². The average molecular weight is 250 g/mol. The first kappa shape index (κ1) is 14.6. The Morgan fingerprint density at radius 2 is 2.00 bits per heavy atom. The Kier molecular flexibility index (Phi) is 4.76. The second-order valence-corrected chi connectivity index (χ2v) is 5.60. The lowest BCUT2D eigenvalue weighted by Gasteiger charge is -2.23. The van der Waals surface area contributed by atoms with Gasteiger partial charge < -0.3 is 9.84 Å². The molecule has 0 amide bonds. The third kappa shape index (κ3) is 4.40. The average Bonchev–Trinajstić information content (AvgIpc) is 2.24. The van der Waals surface area contributed by atoms with Gasteiger partial charge in [0.1, 0.15) is 5.75 Å². The third-order valence-electron chi connectivity index (χ3n) is 2.74. The smallest absolute Gasteiger partial charge is 0.303 e. The standard InChI is InChI=1S/C15H22O3/c1-11-7-8-13(12(10-11)15(2,3)4)18-9-5-6-14(16)17/h7-8,10H,5-6,9H2,1-4H3,(H,16,17). The van der Waals surface area contributed by atoms with Crippen molar-refractivity contribution >= 4 is 5.97 Å². The first-order valence-corrected chi connectivity index (χ1v) is 6.26. The molecule has 3 heteroatoms. The summed E-state index contributed by atoms with van der Waals surface area (Å²) in [7, 11) is 0. The predicted molar refractivity (Wildman–Crippen MR) is 72.2 cm³/mol. The maximum absolute atomic E-state index is 10.4. The van der Waals surface area contributed by atoms with Crippen molar-refractivity contribution in [3.05, 3.63) is 29.3 Å². The fourth-order valence-corrected chi connectivity index (χ4v) is 1.76. The van der Waals surface area contributed by atoms with Crippen LogP contribution in [0.3, 0.4) is 0 Å². The first-order valence-electron chi connectivity index (χ1n) is 6.26. The van der Waals surface area contributed by atoms with Gasteiger partial charge in [-0.2, -0.15) is 0 Å². The Morgan fingerprint density at radius 1 is 1.33 bits per heavy atom. The summed E-state index contributed by atoms with van der Waals surface area (Å²) in [6, 6.07) is 6.12. The number of hydrogen-bond acceptors (Lipinski definition) is 2. The van der Waals surface area contributed by atoms with Crippen molar-refractivity contribution in [1.29, 1.82) is 0 Å². The van der Waals surface area contributed by atoms with Crippen molar-refractivity contribution in [3.63, 3.8) is 0 Å². The molecule has 0 saturated heterocycles. The summed E-state index contributed by atoms with van der Waals surface area (Å²) >= 11 is 0. The molecule has 1 rings (SSSR count). The highest BCUT2D eigenvalue weighted by molar-refractivity contribution is 5.66. The molecule has 1 aromatic rings. The molecule has 0 bridgehead atoms. The fourth-order valence-electron chi connectivity index (χ4n) is 1.76. The Hall–Kier alpha value is -1.51. The molecule has 0 heterocycles. The van der Waals surface area contributed by atoms with Crippen LogP contribution >= 0.6 is 0 Å². The van der Waals surface area contributed by atoms with Crippen LogP contribution in [0.4, 0.5) is 0 Å². The number of rotatable bonds is 5. The van der Waals surface area contributed by atoms with E-state index < -0.39 is 5.97 Å². The minimum atomic E-state index is -0.779. The number of ether oxygens (including phenoxy) is 1. The molecule has 1 aromatic carbocycles. The van der Waals surface area contributed by atoms with Gasteiger partial charge in [0.2, 0.25) is 0 Å². The van der Waals surface area contributed by atoms with Gasteiger partial charge in [0.25, 0.3) is 0 Å². The van der Waals surface area contributed by atoms with Crippen molar-refractivity contribution in [2.75, 3.05) is 6.61 Å². The largest absolute Gasteiger partial charge is 0.493 e.